The van der Waals surface area contributed by atoms with Gasteiger partial charge in [0.05, 0.1) is 0 Å². The Hall–Kier alpha value is -0.0400. The Bertz CT molecular complexity index is 279. The molecular formula is C19H37N. The zero-order chi connectivity index (χ0) is 14.8. The van der Waals surface area contributed by atoms with Crippen LogP contribution in [0.25, 0.3) is 0 Å². The molecule has 2 aliphatic rings. The van der Waals surface area contributed by atoms with E-state index in [2.05, 4.69) is 39.9 Å². The third-order valence-electron chi connectivity index (χ3n) is 5.87. The summed E-state index contributed by atoms with van der Waals surface area (Å²) in [6.45, 7) is 13.3. The fraction of sp³-hybridized carbons (Fsp3) is 1.00. The van der Waals surface area contributed by atoms with Crippen molar-refractivity contribution in [3.63, 3.8) is 0 Å². The molecule has 2 aliphatic carbocycles. The van der Waals surface area contributed by atoms with Gasteiger partial charge in [0.1, 0.15) is 0 Å². The first kappa shape index (κ1) is 16.3. The molecule has 0 amide bonds. The van der Waals surface area contributed by atoms with Crippen LogP contribution in [-0.4, -0.2) is 12.6 Å². The van der Waals surface area contributed by atoms with Gasteiger partial charge in [-0.3, -0.25) is 0 Å². The van der Waals surface area contributed by atoms with Gasteiger partial charge in [-0.15, -0.1) is 0 Å². The van der Waals surface area contributed by atoms with E-state index in [1.807, 2.05) is 0 Å². The highest BCUT2D eigenvalue weighted by Crippen LogP contribution is 2.47. The Morgan fingerprint density at radius 3 is 2.10 bits per heavy atom. The van der Waals surface area contributed by atoms with Crippen LogP contribution < -0.4 is 5.32 Å². The summed E-state index contributed by atoms with van der Waals surface area (Å²) in [5, 5.41) is 3.84. The molecule has 0 aromatic carbocycles. The first-order valence-electron chi connectivity index (χ1n) is 9.04. The second kappa shape index (κ2) is 6.38. The van der Waals surface area contributed by atoms with Gasteiger partial charge in [-0.2, -0.15) is 0 Å². The fourth-order valence-corrected chi connectivity index (χ4v) is 3.85. The Balaban J connectivity index is 1.89. The minimum absolute atomic E-state index is 0.508. The minimum Gasteiger partial charge on any atom is -0.313 e. The van der Waals surface area contributed by atoms with Crippen LogP contribution >= 0.6 is 0 Å². The van der Waals surface area contributed by atoms with E-state index in [-0.39, 0.29) is 0 Å². The highest BCUT2D eigenvalue weighted by Gasteiger charge is 2.39. The van der Waals surface area contributed by atoms with Crippen molar-refractivity contribution in [3.8, 4) is 0 Å². The van der Waals surface area contributed by atoms with Crippen molar-refractivity contribution in [2.24, 2.45) is 22.7 Å². The van der Waals surface area contributed by atoms with Crippen LogP contribution in [0.1, 0.15) is 86.0 Å². The van der Waals surface area contributed by atoms with Crippen LogP contribution in [0.5, 0.6) is 0 Å². The van der Waals surface area contributed by atoms with Crippen LogP contribution in [0.2, 0.25) is 0 Å². The lowest BCUT2D eigenvalue weighted by molar-refractivity contribution is 0.0751. The van der Waals surface area contributed by atoms with E-state index in [0.717, 1.165) is 17.9 Å². The average Bonchev–Trinajstić information content (AvgIpc) is 3.18. The predicted molar refractivity (Wildman–Crippen MR) is 88.9 cm³/mol. The molecule has 118 valence electrons. The van der Waals surface area contributed by atoms with Crippen molar-refractivity contribution in [2.75, 3.05) is 6.54 Å². The smallest absolute Gasteiger partial charge is 0.00684 e. The maximum absolute atomic E-state index is 3.84. The summed E-state index contributed by atoms with van der Waals surface area (Å²) < 4.78 is 0. The summed E-state index contributed by atoms with van der Waals surface area (Å²) in [7, 11) is 0. The molecule has 2 rings (SSSR count). The number of hydrogen-bond acceptors (Lipinski definition) is 1. The molecular weight excluding hydrogens is 242 g/mol. The molecule has 0 bridgehead atoms. The molecule has 0 aromatic heterocycles. The van der Waals surface area contributed by atoms with Crippen molar-refractivity contribution < 1.29 is 0 Å². The maximum atomic E-state index is 3.84. The zero-order valence-corrected chi connectivity index (χ0v) is 14.6. The van der Waals surface area contributed by atoms with E-state index in [0.29, 0.717) is 10.8 Å². The van der Waals surface area contributed by atoms with Crippen molar-refractivity contribution in [3.05, 3.63) is 0 Å². The van der Waals surface area contributed by atoms with Crippen LogP contribution in [0.15, 0.2) is 0 Å². The van der Waals surface area contributed by atoms with Gasteiger partial charge in [0, 0.05) is 12.6 Å². The lowest BCUT2D eigenvalue weighted by atomic mass is 9.62. The molecule has 1 N–H and O–H groups in total. The molecule has 0 radical (unpaired) electrons. The van der Waals surface area contributed by atoms with E-state index in [1.165, 1.54) is 57.9 Å². The molecule has 0 aromatic rings. The summed E-state index contributed by atoms with van der Waals surface area (Å²) in [5.74, 6) is 1.80. The highest BCUT2D eigenvalue weighted by molar-refractivity contribution is 4.93. The summed E-state index contributed by atoms with van der Waals surface area (Å²) in [6, 6.07) is 0.867. The lowest BCUT2D eigenvalue weighted by Gasteiger charge is -2.45. The van der Waals surface area contributed by atoms with Gasteiger partial charge < -0.3 is 5.32 Å². The first-order valence-corrected chi connectivity index (χ1v) is 9.04. The Morgan fingerprint density at radius 1 is 1.05 bits per heavy atom. The largest absolute Gasteiger partial charge is 0.313 e. The molecule has 1 heteroatoms. The lowest BCUT2D eigenvalue weighted by Crippen LogP contribution is -2.40. The van der Waals surface area contributed by atoms with Gasteiger partial charge in [0.15, 0.2) is 0 Å². The summed E-state index contributed by atoms with van der Waals surface area (Å²) >= 11 is 0. The predicted octanol–water partition coefficient (Wildman–Crippen LogP) is 5.40. The van der Waals surface area contributed by atoms with E-state index in [1.54, 1.807) is 0 Å². The average molecular weight is 280 g/mol. The molecule has 20 heavy (non-hydrogen) atoms. The van der Waals surface area contributed by atoms with Gasteiger partial charge >= 0.3 is 0 Å². The van der Waals surface area contributed by atoms with E-state index < -0.39 is 0 Å². The highest BCUT2D eigenvalue weighted by atomic mass is 15.0. The summed E-state index contributed by atoms with van der Waals surface area (Å²) in [5.41, 5.74) is 1.13. The summed E-state index contributed by atoms with van der Waals surface area (Å²) in [4.78, 5) is 0. The minimum atomic E-state index is 0.508. The number of nitrogens with one attached hydrogen (secondary N) is 1. The van der Waals surface area contributed by atoms with Crippen LogP contribution in [0.4, 0.5) is 0 Å². The Morgan fingerprint density at radius 2 is 1.65 bits per heavy atom. The van der Waals surface area contributed by atoms with Crippen molar-refractivity contribution >= 4 is 0 Å². The molecule has 1 nitrogen and oxygen atoms in total. The molecule has 0 spiro atoms. The van der Waals surface area contributed by atoms with Crippen LogP contribution in [0, 0.1) is 22.7 Å². The summed E-state index contributed by atoms with van der Waals surface area (Å²) in [6.07, 6.45) is 11.5. The van der Waals surface area contributed by atoms with E-state index >= 15 is 0 Å². The quantitative estimate of drug-likeness (QED) is 0.686. The molecule has 0 saturated heterocycles. The Labute approximate surface area is 127 Å². The molecule has 0 heterocycles. The van der Waals surface area contributed by atoms with E-state index in [9.17, 15) is 0 Å². The SMILES string of the molecule is CC(C)CCC1(CNC2CC2)CCC(C(C)(C)C)CC1. The second-order valence-corrected chi connectivity index (χ2v) is 9.23. The third-order valence-corrected chi connectivity index (χ3v) is 5.87. The molecule has 2 saturated carbocycles. The van der Waals surface area contributed by atoms with Crippen LogP contribution in [0.3, 0.4) is 0 Å². The molecule has 0 unspecified atom stereocenters. The Kier molecular flexibility index (Phi) is 5.21. The number of rotatable bonds is 6. The molecule has 0 atom stereocenters. The van der Waals surface area contributed by atoms with E-state index in [4.69, 9.17) is 0 Å². The van der Waals surface area contributed by atoms with Crippen molar-refractivity contribution in [2.45, 2.75) is 92.0 Å². The van der Waals surface area contributed by atoms with Gasteiger partial charge in [0.25, 0.3) is 0 Å². The monoisotopic (exact) mass is 279 g/mol. The molecule has 0 aliphatic heterocycles. The van der Waals surface area contributed by atoms with Crippen molar-refractivity contribution in [1.82, 2.24) is 5.32 Å². The van der Waals surface area contributed by atoms with Gasteiger partial charge in [-0.05, 0) is 67.6 Å². The molecule has 2 fully saturated rings. The topological polar surface area (TPSA) is 12.0 Å². The van der Waals surface area contributed by atoms with Crippen LogP contribution in [-0.2, 0) is 0 Å². The standard InChI is InChI=1S/C19H37N/c1-15(2)8-11-19(14-20-17-6-7-17)12-9-16(10-13-19)18(3,4)5/h15-17,20H,6-14H2,1-5H3. The van der Waals surface area contributed by atoms with Crippen molar-refractivity contribution in [1.29, 1.82) is 0 Å². The first-order chi connectivity index (χ1) is 9.31. The maximum Gasteiger partial charge on any atom is 0.00684 e. The van der Waals surface area contributed by atoms with Gasteiger partial charge in [0.2, 0.25) is 0 Å². The van der Waals surface area contributed by atoms with Gasteiger partial charge in [-0.25, -0.2) is 0 Å². The number of hydrogen-bond donors (Lipinski definition) is 1. The zero-order valence-electron chi connectivity index (χ0n) is 14.6. The second-order valence-electron chi connectivity index (χ2n) is 9.23. The fourth-order valence-electron chi connectivity index (χ4n) is 3.85. The third kappa shape index (κ3) is 4.76. The van der Waals surface area contributed by atoms with Gasteiger partial charge in [-0.1, -0.05) is 41.0 Å². The normalized spacial score (nSPS) is 31.8.